The Kier molecular flexibility index (Phi) is 8.70. The van der Waals surface area contributed by atoms with Crippen LogP contribution in [0.25, 0.3) is 0 Å². The minimum absolute atomic E-state index is 0.0843. The fraction of sp³-hybridized carbons (Fsp3) is 0.464. The summed E-state index contributed by atoms with van der Waals surface area (Å²) in [7, 11) is 1.71. The van der Waals surface area contributed by atoms with E-state index in [1.807, 2.05) is 43.0 Å². The minimum Gasteiger partial charge on any atom is -0.497 e. The number of methoxy groups -OCH3 is 1. The Bertz CT molecular complexity index is 923. The molecule has 5 heteroatoms. The standard InChI is InChI=1S/C28H39N3O2/c1-7-17-30-19-22(5)31(20-21(30)4)27(25-11-10-12-26(18-25)33-6)23-13-15-24(16-14-23)28(32)29(8-2)9-3/h7,10-16,18,21-22,27H,1,8-9,17,19-20H2,2-6H3/t21-,22?,27+/m1/s1. The van der Waals surface area contributed by atoms with Crippen molar-refractivity contribution in [2.45, 2.75) is 45.8 Å². The lowest BCUT2D eigenvalue weighted by molar-refractivity contribution is 0.0306. The van der Waals surface area contributed by atoms with E-state index < -0.39 is 0 Å². The van der Waals surface area contributed by atoms with Crippen LogP contribution < -0.4 is 4.74 Å². The van der Waals surface area contributed by atoms with E-state index in [0.29, 0.717) is 25.2 Å². The van der Waals surface area contributed by atoms with Crippen LogP contribution in [0.4, 0.5) is 0 Å². The summed E-state index contributed by atoms with van der Waals surface area (Å²) < 4.78 is 5.54. The van der Waals surface area contributed by atoms with Crippen LogP contribution in [0.5, 0.6) is 5.75 Å². The molecule has 1 unspecified atom stereocenters. The van der Waals surface area contributed by atoms with Crippen molar-refractivity contribution < 1.29 is 9.53 Å². The molecule has 1 heterocycles. The summed E-state index contributed by atoms with van der Waals surface area (Å²) >= 11 is 0. The van der Waals surface area contributed by atoms with E-state index in [4.69, 9.17) is 4.74 Å². The second-order valence-corrected chi connectivity index (χ2v) is 8.92. The number of carbonyl (C=O) groups excluding carboxylic acids is 1. The van der Waals surface area contributed by atoms with Gasteiger partial charge in [0, 0.05) is 50.4 Å². The Labute approximate surface area is 199 Å². The van der Waals surface area contributed by atoms with Gasteiger partial charge in [0.1, 0.15) is 5.75 Å². The number of rotatable bonds is 9. The monoisotopic (exact) mass is 449 g/mol. The van der Waals surface area contributed by atoms with Gasteiger partial charge < -0.3 is 9.64 Å². The van der Waals surface area contributed by atoms with E-state index >= 15 is 0 Å². The molecule has 3 rings (SSSR count). The molecule has 1 aliphatic heterocycles. The summed E-state index contributed by atoms with van der Waals surface area (Å²) in [6.07, 6.45) is 1.99. The van der Waals surface area contributed by atoms with Crippen LogP contribution in [0.15, 0.2) is 61.2 Å². The largest absolute Gasteiger partial charge is 0.497 e. The van der Waals surface area contributed by atoms with Crippen molar-refractivity contribution in [2.75, 3.05) is 39.8 Å². The second-order valence-electron chi connectivity index (χ2n) is 8.92. The molecule has 0 N–H and O–H groups in total. The van der Waals surface area contributed by atoms with Crippen molar-refractivity contribution in [2.24, 2.45) is 0 Å². The molecule has 0 bridgehead atoms. The molecule has 0 spiro atoms. The summed E-state index contributed by atoms with van der Waals surface area (Å²) in [5.41, 5.74) is 3.13. The van der Waals surface area contributed by atoms with Gasteiger partial charge in [-0.2, -0.15) is 0 Å². The number of hydrogen-bond donors (Lipinski definition) is 0. The normalized spacial score (nSPS) is 20.3. The van der Waals surface area contributed by atoms with Crippen LogP contribution in [-0.4, -0.2) is 72.5 Å². The number of nitrogens with zero attached hydrogens (tertiary/aromatic N) is 3. The molecule has 2 aromatic carbocycles. The van der Waals surface area contributed by atoms with E-state index in [2.05, 4.69) is 60.6 Å². The molecule has 0 aliphatic carbocycles. The van der Waals surface area contributed by atoms with Gasteiger partial charge in [0.15, 0.2) is 0 Å². The fourth-order valence-corrected chi connectivity index (χ4v) is 4.89. The predicted molar refractivity (Wildman–Crippen MR) is 136 cm³/mol. The van der Waals surface area contributed by atoms with Crippen LogP contribution in [0.2, 0.25) is 0 Å². The number of ether oxygens (including phenoxy) is 1. The van der Waals surface area contributed by atoms with Crippen LogP contribution in [-0.2, 0) is 0 Å². The minimum atomic E-state index is 0.0843. The van der Waals surface area contributed by atoms with Crippen molar-refractivity contribution in [1.82, 2.24) is 14.7 Å². The molecule has 0 saturated carbocycles. The van der Waals surface area contributed by atoms with Gasteiger partial charge >= 0.3 is 0 Å². The van der Waals surface area contributed by atoms with Gasteiger partial charge in [0.05, 0.1) is 13.2 Å². The first-order valence-electron chi connectivity index (χ1n) is 12.1. The van der Waals surface area contributed by atoms with Crippen molar-refractivity contribution in [3.8, 4) is 5.75 Å². The first-order valence-corrected chi connectivity index (χ1v) is 12.1. The lowest BCUT2D eigenvalue weighted by Gasteiger charge is -2.47. The second kappa shape index (κ2) is 11.5. The lowest BCUT2D eigenvalue weighted by Crippen LogP contribution is -2.57. The summed E-state index contributed by atoms with van der Waals surface area (Å²) in [6.45, 7) is 16.8. The Morgan fingerprint density at radius 3 is 2.39 bits per heavy atom. The summed E-state index contributed by atoms with van der Waals surface area (Å²) in [5, 5.41) is 0. The molecule has 33 heavy (non-hydrogen) atoms. The van der Waals surface area contributed by atoms with Crippen LogP contribution >= 0.6 is 0 Å². The summed E-state index contributed by atoms with van der Waals surface area (Å²) in [6, 6.07) is 17.4. The zero-order valence-electron chi connectivity index (χ0n) is 20.8. The third-order valence-corrected chi connectivity index (χ3v) is 6.79. The molecule has 178 valence electrons. The molecule has 5 nitrogen and oxygen atoms in total. The zero-order chi connectivity index (χ0) is 24.0. The van der Waals surface area contributed by atoms with E-state index in [1.165, 1.54) is 11.1 Å². The quantitative estimate of drug-likeness (QED) is 0.513. The van der Waals surface area contributed by atoms with Gasteiger partial charge in [-0.3, -0.25) is 14.6 Å². The molecule has 1 fully saturated rings. The van der Waals surface area contributed by atoms with Crippen LogP contribution in [0.1, 0.15) is 55.2 Å². The van der Waals surface area contributed by atoms with Gasteiger partial charge in [-0.25, -0.2) is 0 Å². The number of amides is 1. The van der Waals surface area contributed by atoms with E-state index in [0.717, 1.165) is 30.9 Å². The lowest BCUT2D eigenvalue weighted by atomic mass is 9.92. The van der Waals surface area contributed by atoms with Crippen LogP contribution in [0.3, 0.4) is 0 Å². The van der Waals surface area contributed by atoms with Crippen molar-refractivity contribution in [3.05, 3.63) is 77.9 Å². The molecule has 3 atom stereocenters. The highest BCUT2D eigenvalue weighted by atomic mass is 16.5. The Hall–Kier alpha value is -2.63. The first-order chi connectivity index (χ1) is 15.9. The smallest absolute Gasteiger partial charge is 0.253 e. The predicted octanol–water partition coefficient (Wildman–Crippen LogP) is 4.85. The third-order valence-electron chi connectivity index (χ3n) is 6.79. The maximum Gasteiger partial charge on any atom is 0.253 e. The third kappa shape index (κ3) is 5.66. The highest BCUT2D eigenvalue weighted by Gasteiger charge is 2.34. The molecule has 0 aromatic heterocycles. The van der Waals surface area contributed by atoms with Gasteiger partial charge in [-0.05, 0) is 63.1 Å². The number of benzene rings is 2. The number of piperazine rings is 1. The van der Waals surface area contributed by atoms with Gasteiger partial charge in [-0.15, -0.1) is 6.58 Å². The Balaban J connectivity index is 1.98. The fourth-order valence-electron chi connectivity index (χ4n) is 4.89. The summed E-state index contributed by atoms with van der Waals surface area (Å²) in [5.74, 6) is 0.946. The SMILES string of the molecule is C=CCN1CC(C)N([C@@H](c2ccc(C(=O)N(CC)CC)cc2)c2cccc(OC)c2)C[C@H]1C. The highest BCUT2D eigenvalue weighted by Crippen LogP contribution is 2.34. The molecule has 0 radical (unpaired) electrons. The zero-order valence-corrected chi connectivity index (χ0v) is 20.8. The molecular weight excluding hydrogens is 410 g/mol. The molecule has 1 amide bonds. The van der Waals surface area contributed by atoms with E-state index in [-0.39, 0.29) is 11.9 Å². The molecule has 1 aliphatic rings. The van der Waals surface area contributed by atoms with E-state index in [1.54, 1.807) is 7.11 Å². The Morgan fingerprint density at radius 1 is 1.09 bits per heavy atom. The maximum atomic E-state index is 12.8. The highest BCUT2D eigenvalue weighted by molar-refractivity contribution is 5.94. The average Bonchev–Trinajstić information content (AvgIpc) is 2.83. The van der Waals surface area contributed by atoms with Gasteiger partial charge in [0.2, 0.25) is 0 Å². The maximum absolute atomic E-state index is 12.8. The van der Waals surface area contributed by atoms with Crippen molar-refractivity contribution in [1.29, 1.82) is 0 Å². The average molecular weight is 450 g/mol. The Morgan fingerprint density at radius 2 is 1.79 bits per heavy atom. The first kappa shape index (κ1) is 25.0. The van der Waals surface area contributed by atoms with Crippen molar-refractivity contribution >= 4 is 5.91 Å². The van der Waals surface area contributed by atoms with Crippen molar-refractivity contribution in [3.63, 3.8) is 0 Å². The molecular formula is C28H39N3O2. The van der Waals surface area contributed by atoms with Gasteiger partial charge in [-0.1, -0.05) is 30.3 Å². The summed E-state index contributed by atoms with van der Waals surface area (Å²) in [4.78, 5) is 19.8. The van der Waals surface area contributed by atoms with E-state index in [9.17, 15) is 4.79 Å². The molecule has 1 saturated heterocycles. The molecule has 2 aromatic rings. The number of hydrogen-bond acceptors (Lipinski definition) is 4. The number of carbonyl (C=O) groups is 1. The topological polar surface area (TPSA) is 36.0 Å². The van der Waals surface area contributed by atoms with Crippen LogP contribution in [0, 0.1) is 0 Å². The van der Waals surface area contributed by atoms with Gasteiger partial charge in [0.25, 0.3) is 5.91 Å².